The topological polar surface area (TPSA) is 54.0 Å². The molecule has 3 aromatic carbocycles. The minimum Gasteiger partial charge on any atom is -0.381 e. The van der Waals surface area contributed by atoms with E-state index in [0.29, 0.717) is 12.1 Å². The molecular formula is C26H25N3O. The van der Waals surface area contributed by atoms with Crippen molar-refractivity contribution in [3.63, 3.8) is 0 Å². The minimum absolute atomic E-state index is 0.0690. The van der Waals surface area contributed by atoms with E-state index in [1.807, 2.05) is 62.4 Å². The first-order valence-corrected chi connectivity index (χ1v) is 10.1. The van der Waals surface area contributed by atoms with Crippen LogP contribution in [0.15, 0.2) is 85.2 Å². The highest BCUT2D eigenvalue weighted by molar-refractivity contribution is 5.97. The van der Waals surface area contributed by atoms with Gasteiger partial charge < -0.3 is 10.6 Å². The van der Waals surface area contributed by atoms with Crippen LogP contribution in [0.3, 0.4) is 0 Å². The van der Waals surface area contributed by atoms with E-state index >= 15 is 0 Å². The standard InChI is InChI=1S/C26H25N3O/c1-18-10-11-22(28-17-20-12-14-27-15-13-20)16-25(18)26(30)29-19(2)23-9-5-7-21-6-3-4-8-24(21)23/h3-16,19,28H,17H2,1-2H3,(H,29,30)/t19-/m1/s1. The Hall–Kier alpha value is -3.66. The van der Waals surface area contributed by atoms with Gasteiger partial charge in [0.15, 0.2) is 0 Å². The van der Waals surface area contributed by atoms with E-state index in [1.54, 1.807) is 12.4 Å². The van der Waals surface area contributed by atoms with Crippen molar-refractivity contribution in [1.82, 2.24) is 10.3 Å². The zero-order valence-electron chi connectivity index (χ0n) is 17.2. The summed E-state index contributed by atoms with van der Waals surface area (Å²) in [6.07, 6.45) is 3.55. The fourth-order valence-corrected chi connectivity index (χ4v) is 3.66. The maximum absolute atomic E-state index is 13.1. The Labute approximate surface area is 177 Å². The van der Waals surface area contributed by atoms with Crippen LogP contribution in [-0.4, -0.2) is 10.9 Å². The van der Waals surface area contributed by atoms with Crippen molar-refractivity contribution >= 4 is 22.4 Å². The van der Waals surface area contributed by atoms with E-state index in [0.717, 1.165) is 27.8 Å². The van der Waals surface area contributed by atoms with E-state index in [2.05, 4.69) is 39.9 Å². The van der Waals surface area contributed by atoms with Crippen LogP contribution in [0.25, 0.3) is 10.8 Å². The first-order chi connectivity index (χ1) is 14.6. The molecule has 0 saturated carbocycles. The summed E-state index contributed by atoms with van der Waals surface area (Å²) in [4.78, 5) is 17.1. The molecule has 0 bridgehead atoms. The van der Waals surface area contributed by atoms with Gasteiger partial charge in [-0.1, -0.05) is 48.5 Å². The molecule has 30 heavy (non-hydrogen) atoms. The van der Waals surface area contributed by atoms with Gasteiger partial charge >= 0.3 is 0 Å². The van der Waals surface area contributed by atoms with Gasteiger partial charge in [0.2, 0.25) is 0 Å². The van der Waals surface area contributed by atoms with E-state index < -0.39 is 0 Å². The number of nitrogens with one attached hydrogen (secondary N) is 2. The Morgan fingerprint density at radius 2 is 1.73 bits per heavy atom. The van der Waals surface area contributed by atoms with Gasteiger partial charge in [0.05, 0.1) is 6.04 Å². The highest BCUT2D eigenvalue weighted by Crippen LogP contribution is 2.25. The van der Waals surface area contributed by atoms with Crippen molar-refractivity contribution in [3.05, 3.63) is 107 Å². The third-order valence-electron chi connectivity index (χ3n) is 5.37. The lowest BCUT2D eigenvalue weighted by molar-refractivity contribution is 0.0939. The van der Waals surface area contributed by atoms with Crippen molar-refractivity contribution in [2.24, 2.45) is 0 Å². The van der Waals surface area contributed by atoms with Crippen molar-refractivity contribution < 1.29 is 4.79 Å². The fraction of sp³-hybridized carbons (Fsp3) is 0.154. The molecule has 2 N–H and O–H groups in total. The number of carbonyl (C=O) groups is 1. The predicted octanol–water partition coefficient (Wildman–Crippen LogP) is 5.65. The van der Waals surface area contributed by atoms with Gasteiger partial charge in [0.1, 0.15) is 0 Å². The number of aromatic nitrogens is 1. The summed E-state index contributed by atoms with van der Waals surface area (Å²) in [5.74, 6) is -0.0690. The maximum atomic E-state index is 13.1. The van der Waals surface area contributed by atoms with E-state index in [9.17, 15) is 4.79 Å². The molecule has 0 aliphatic heterocycles. The number of benzene rings is 3. The van der Waals surface area contributed by atoms with Crippen molar-refractivity contribution in [2.45, 2.75) is 26.4 Å². The van der Waals surface area contributed by atoms with Gasteiger partial charge in [-0.2, -0.15) is 0 Å². The van der Waals surface area contributed by atoms with Gasteiger partial charge in [0, 0.05) is 30.2 Å². The summed E-state index contributed by atoms with van der Waals surface area (Å²) in [5.41, 5.74) is 4.81. The number of aryl methyl sites for hydroxylation is 1. The third-order valence-corrected chi connectivity index (χ3v) is 5.37. The molecule has 0 aliphatic carbocycles. The molecule has 1 atom stereocenters. The summed E-state index contributed by atoms with van der Waals surface area (Å²) in [6.45, 7) is 4.67. The van der Waals surface area contributed by atoms with E-state index in [4.69, 9.17) is 0 Å². The smallest absolute Gasteiger partial charge is 0.252 e. The molecule has 4 rings (SSSR count). The lowest BCUT2D eigenvalue weighted by Gasteiger charge is -2.18. The number of anilines is 1. The quantitative estimate of drug-likeness (QED) is 0.444. The number of nitrogens with zero attached hydrogens (tertiary/aromatic N) is 1. The molecule has 4 nitrogen and oxygen atoms in total. The number of pyridine rings is 1. The number of hydrogen-bond acceptors (Lipinski definition) is 3. The Morgan fingerprint density at radius 3 is 2.57 bits per heavy atom. The predicted molar refractivity (Wildman–Crippen MR) is 123 cm³/mol. The number of fused-ring (bicyclic) bond motifs is 1. The Bertz CT molecular complexity index is 1170. The average molecular weight is 396 g/mol. The average Bonchev–Trinajstić information content (AvgIpc) is 2.78. The second-order valence-electron chi connectivity index (χ2n) is 7.50. The first-order valence-electron chi connectivity index (χ1n) is 10.1. The monoisotopic (exact) mass is 395 g/mol. The Kier molecular flexibility index (Phi) is 5.75. The van der Waals surface area contributed by atoms with Gasteiger partial charge in [-0.25, -0.2) is 0 Å². The molecule has 1 amide bonds. The molecule has 4 heteroatoms. The zero-order valence-corrected chi connectivity index (χ0v) is 17.2. The number of rotatable bonds is 6. The van der Waals surface area contributed by atoms with Crippen LogP contribution in [-0.2, 0) is 6.54 Å². The highest BCUT2D eigenvalue weighted by atomic mass is 16.1. The summed E-state index contributed by atoms with van der Waals surface area (Å²) >= 11 is 0. The molecule has 0 fully saturated rings. The number of carbonyl (C=O) groups excluding carboxylic acids is 1. The second-order valence-corrected chi connectivity index (χ2v) is 7.50. The van der Waals surface area contributed by atoms with Crippen LogP contribution in [0.4, 0.5) is 5.69 Å². The van der Waals surface area contributed by atoms with Gasteiger partial charge in [0.25, 0.3) is 5.91 Å². The fourth-order valence-electron chi connectivity index (χ4n) is 3.66. The third kappa shape index (κ3) is 4.33. The zero-order chi connectivity index (χ0) is 20.9. The van der Waals surface area contributed by atoms with Gasteiger partial charge in [-0.15, -0.1) is 0 Å². The van der Waals surface area contributed by atoms with Crippen molar-refractivity contribution in [3.8, 4) is 0 Å². The molecule has 150 valence electrons. The number of hydrogen-bond donors (Lipinski definition) is 2. The largest absolute Gasteiger partial charge is 0.381 e. The Morgan fingerprint density at radius 1 is 0.967 bits per heavy atom. The van der Waals surface area contributed by atoms with Crippen LogP contribution in [0.1, 0.15) is 40.0 Å². The molecule has 1 heterocycles. The summed E-state index contributed by atoms with van der Waals surface area (Å²) in [7, 11) is 0. The van der Waals surface area contributed by atoms with Crippen LogP contribution in [0, 0.1) is 6.92 Å². The minimum atomic E-state index is -0.101. The van der Waals surface area contributed by atoms with Crippen LogP contribution < -0.4 is 10.6 Å². The summed E-state index contributed by atoms with van der Waals surface area (Å²) < 4.78 is 0. The Balaban J connectivity index is 1.51. The van der Waals surface area contributed by atoms with Crippen LogP contribution >= 0.6 is 0 Å². The summed E-state index contributed by atoms with van der Waals surface area (Å²) in [5, 5.41) is 8.90. The first kappa shape index (κ1) is 19.6. The normalized spacial score (nSPS) is 11.8. The SMILES string of the molecule is Cc1ccc(NCc2ccncc2)cc1C(=O)N[C@H](C)c1cccc2ccccc12. The lowest BCUT2D eigenvalue weighted by Crippen LogP contribution is -2.27. The van der Waals surface area contributed by atoms with Crippen LogP contribution in [0.5, 0.6) is 0 Å². The van der Waals surface area contributed by atoms with Crippen molar-refractivity contribution in [2.75, 3.05) is 5.32 Å². The molecule has 0 spiro atoms. The molecule has 4 aromatic rings. The van der Waals surface area contributed by atoms with E-state index in [-0.39, 0.29) is 11.9 Å². The number of amides is 1. The van der Waals surface area contributed by atoms with Crippen LogP contribution in [0.2, 0.25) is 0 Å². The molecule has 0 aliphatic rings. The maximum Gasteiger partial charge on any atom is 0.252 e. The molecule has 0 saturated heterocycles. The lowest BCUT2D eigenvalue weighted by atomic mass is 9.99. The van der Waals surface area contributed by atoms with E-state index in [1.165, 1.54) is 5.39 Å². The summed E-state index contributed by atoms with van der Waals surface area (Å²) in [6, 6.07) is 24.2. The highest BCUT2D eigenvalue weighted by Gasteiger charge is 2.15. The van der Waals surface area contributed by atoms with Gasteiger partial charge in [-0.05, 0) is 65.6 Å². The van der Waals surface area contributed by atoms with Crippen molar-refractivity contribution in [1.29, 1.82) is 0 Å². The molecule has 1 aromatic heterocycles. The molecular weight excluding hydrogens is 370 g/mol. The van der Waals surface area contributed by atoms with Gasteiger partial charge in [-0.3, -0.25) is 9.78 Å². The molecule has 0 unspecified atom stereocenters. The second kappa shape index (κ2) is 8.78. The molecule has 0 radical (unpaired) electrons.